The lowest BCUT2D eigenvalue weighted by atomic mass is 10.2. The van der Waals surface area contributed by atoms with Crippen LogP contribution in [-0.4, -0.2) is 34.8 Å². The van der Waals surface area contributed by atoms with E-state index in [9.17, 15) is 9.59 Å². The van der Waals surface area contributed by atoms with E-state index in [0.29, 0.717) is 30.2 Å². The molecule has 0 atom stereocenters. The minimum atomic E-state index is -0.208. The molecule has 2 aromatic rings. The second kappa shape index (κ2) is 8.29. The van der Waals surface area contributed by atoms with Crippen molar-refractivity contribution >= 4 is 23.4 Å². The van der Waals surface area contributed by atoms with Gasteiger partial charge in [-0.05, 0) is 35.9 Å². The SMILES string of the molecule is CC(=O)N(CCNC(=O)c1cccc(Cl)c1)Cc1ccncc1. The van der Waals surface area contributed by atoms with Gasteiger partial charge in [-0.15, -0.1) is 0 Å². The molecule has 5 nitrogen and oxygen atoms in total. The average Bonchev–Trinajstić information content (AvgIpc) is 2.54. The zero-order valence-corrected chi connectivity index (χ0v) is 13.6. The molecule has 0 saturated carbocycles. The molecule has 1 aromatic heterocycles. The summed E-state index contributed by atoms with van der Waals surface area (Å²) < 4.78 is 0. The van der Waals surface area contributed by atoms with Crippen LogP contribution in [-0.2, 0) is 11.3 Å². The lowest BCUT2D eigenvalue weighted by Crippen LogP contribution is -2.37. The van der Waals surface area contributed by atoms with Gasteiger partial charge in [-0.25, -0.2) is 0 Å². The maximum atomic E-state index is 12.0. The molecule has 0 aliphatic heterocycles. The van der Waals surface area contributed by atoms with Gasteiger partial charge < -0.3 is 10.2 Å². The van der Waals surface area contributed by atoms with E-state index in [4.69, 9.17) is 11.6 Å². The minimum Gasteiger partial charge on any atom is -0.350 e. The molecule has 0 aliphatic rings. The number of carbonyl (C=O) groups excluding carboxylic acids is 2. The Labute approximate surface area is 140 Å². The molecule has 1 heterocycles. The first-order chi connectivity index (χ1) is 11.1. The Balaban J connectivity index is 1.87. The third-order valence-corrected chi connectivity index (χ3v) is 3.56. The second-order valence-electron chi connectivity index (χ2n) is 5.06. The molecule has 1 aromatic carbocycles. The van der Waals surface area contributed by atoms with Gasteiger partial charge in [0.1, 0.15) is 0 Å². The number of halogens is 1. The van der Waals surface area contributed by atoms with Crippen LogP contribution in [0.15, 0.2) is 48.8 Å². The van der Waals surface area contributed by atoms with Crippen molar-refractivity contribution in [3.05, 3.63) is 64.9 Å². The van der Waals surface area contributed by atoms with E-state index in [0.717, 1.165) is 5.56 Å². The summed E-state index contributed by atoms with van der Waals surface area (Å²) in [6.07, 6.45) is 3.38. The molecular formula is C17H18ClN3O2. The summed E-state index contributed by atoms with van der Waals surface area (Å²) in [6.45, 7) is 2.81. The van der Waals surface area contributed by atoms with Crippen LogP contribution < -0.4 is 5.32 Å². The van der Waals surface area contributed by atoms with Crippen LogP contribution in [0.1, 0.15) is 22.8 Å². The van der Waals surface area contributed by atoms with Gasteiger partial charge >= 0.3 is 0 Å². The maximum absolute atomic E-state index is 12.0. The number of amides is 2. The van der Waals surface area contributed by atoms with Crippen LogP contribution in [0.5, 0.6) is 0 Å². The van der Waals surface area contributed by atoms with E-state index in [2.05, 4.69) is 10.3 Å². The zero-order chi connectivity index (χ0) is 16.7. The molecule has 120 valence electrons. The normalized spacial score (nSPS) is 10.2. The van der Waals surface area contributed by atoms with Gasteiger partial charge in [-0.1, -0.05) is 17.7 Å². The van der Waals surface area contributed by atoms with Gasteiger partial charge in [0.15, 0.2) is 0 Å². The lowest BCUT2D eigenvalue weighted by molar-refractivity contribution is -0.129. The molecule has 0 saturated heterocycles. The number of hydrogen-bond acceptors (Lipinski definition) is 3. The maximum Gasteiger partial charge on any atom is 0.251 e. The predicted molar refractivity (Wildman–Crippen MR) is 89.1 cm³/mol. The highest BCUT2D eigenvalue weighted by Crippen LogP contribution is 2.10. The van der Waals surface area contributed by atoms with Crippen LogP contribution >= 0.6 is 11.6 Å². The zero-order valence-electron chi connectivity index (χ0n) is 12.8. The highest BCUT2D eigenvalue weighted by Gasteiger charge is 2.11. The van der Waals surface area contributed by atoms with Crippen molar-refractivity contribution in [2.45, 2.75) is 13.5 Å². The average molecular weight is 332 g/mol. The Bertz CT molecular complexity index is 677. The van der Waals surface area contributed by atoms with Gasteiger partial charge in [0.25, 0.3) is 5.91 Å². The topological polar surface area (TPSA) is 62.3 Å². The highest BCUT2D eigenvalue weighted by atomic mass is 35.5. The standard InChI is InChI=1S/C17H18ClN3O2/c1-13(22)21(12-14-5-7-19-8-6-14)10-9-20-17(23)15-3-2-4-16(18)11-15/h2-8,11H,9-10,12H2,1H3,(H,20,23). The van der Waals surface area contributed by atoms with Crippen molar-refractivity contribution in [3.63, 3.8) is 0 Å². The monoisotopic (exact) mass is 331 g/mol. The largest absolute Gasteiger partial charge is 0.350 e. The first-order valence-electron chi connectivity index (χ1n) is 7.24. The summed E-state index contributed by atoms with van der Waals surface area (Å²) in [5, 5.41) is 3.31. The molecular weight excluding hydrogens is 314 g/mol. The number of benzene rings is 1. The Kier molecular flexibility index (Phi) is 6.11. The second-order valence-corrected chi connectivity index (χ2v) is 5.50. The fourth-order valence-electron chi connectivity index (χ4n) is 2.09. The molecule has 0 radical (unpaired) electrons. The van der Waals surface area contributed by atoms with Crippen molar-refractivity contribution in [2.24, 2.45) is 0 Å². The summed E-state index contributed by atoms with van der Waals surface area (Å²) >= 11 is 5.87. The summed E-state index contributed by atoms with van der Waals surface area (Å²) in [7, 11) is 0. The number of nitrogens with zero attached hydrogens (tertiary/aromatic N) is 2. The summed E-state index contributed by atoms with van der Waals surface area (Å²) in [4.78, 5) is 29.4. The Morgan fingerprint density at radius 2 is 1.96 bits per heavy atom. The lowest BCUT2D eigenvalue weighted by Gasteiger charge is -2.21. The van der Waals surface area contributed by atoms with Crippen LogP contribution in [0.2, 0.25) is 5.02 Å². The Morgan fingerprint density at radius 3 is 2.61 bits per heavy atom. The minimum absolute atomic E-state index is 0.0428. The number of aromatic nitrogens is 1. The van der Waals surface area contributed by atoms with E-state index in [1.165, 1.54) is 6.92 Å². The Morgan fingerprint density at radius 1 is 1.22 bits per heavy atom. The van der Waals surface area contributed by atoms with E-state index in [-0.39, 0.29) is 11.8 Å². The van der Waals surface area contributed by atoms with Crippen molar-refractivity contribution in [1.29, 1.82) is 0 Å². The molecule has 6 heteroatoms. The van der Waals surface area contributed by atoms with Gasteiger partial charge in [-0.2, -0.15) is 0 Å². The molecule has 1 N–H and O–H groups in total. The molecule has 2 rings (SSSR count). The fourth-order valence-corrected chi connectivity index (χ4v) is 2.28. The van der Waals surface area contributed by atoms with Gasteiger partial charge in [-0.3, -0.25) is 14.6 Å². The Hall–Kier alpha value is -2.40. The van der Waals surface area contributed by atoms with Crippen molar-refractivity contribution in [1.82, 2.24) is 15.2 Å². The van der Waals surface area contributed by atoms with Crippen molar-refractivity contribution in [2.75, 3.05) is 13.1 Å². The molecule has 23 heavy (non-hydrogen) atoms. The van der Waals surface area contributed by atoms with Gasteiger partial charge in [0.2, 0.25) is 5.91 Å². The van der Waals surface area contributed by atoms with E-state index in [1.807, 2.05) is 12.1 Å². The van der Waals surface area contributed by atoms with Gasteiger partial charge in [0, 0.05) is 49.5 Å². The highest BCUT2D eigenvalue weighted by molar-refractivity contribution is 6.30. The molecule has 0 spiro atoms. The first kappa shape index (κ1) is 17.0. The van der Waals surface area contributed by atoms with Crippen molar-refractivity contribution in [3.8, 4) is 0 Å². The van der Waals surface area contributed by atoms with Gasteiger partial charge in [0.05, 0.1) is 0 Å². The van der Waals surface area contributed by atoms with Crippen LogP contribution in [0.25, 0.3) is 0 Å². The van der Waals surface area contributed by atoms with E-state index < -0.39 is 0 Å². The number of carbonyl (C=O) groups is 2. The summed E-state index contributed by atoms with van der Waals surface area (Å²) in [6, 6.07) is 10.5. The third kappa shape index (κ3) is 5.38. The number of nitrogens with one attached hydrogen (secondary N) is 1. The first-order valence-corrected chi connectivity index (χ1v) is 7.62. The van der Waals surface area contributed by atoms with Crippen molar-refractivity contribution < 1.29 is 9.59 Å². The summed E-state index contributed by atoms with van der Waals surface area (Å²) in [5.74, 6) is -0.251. The smallest absolute Gasteiger partial charge is 0.251 e. The number of pyridine rings is 1. The number of rotatable bonds is 6. The number of hydrogen-bond donors (Lipinski definition) is 1. The summed E-state index contributed by atoms with van der Waals surface area (Å²) in [5.41, 5.74) is 1.50. The molecule has 0 bridgehead atoms. The molecule has 0 aliphatic carbocycles. The predicted octanol–water partition coefficient (Wildman–Crippen LogP) is 2.51. The molecule has 2 amide bonds. The third-order valence-electron chi connectivity index (χ3n) is 3.32. The van der Waals surface area contributed by atoms with Crippen LogP contribution in [0.3, 0.4) is 0 Å². The fraction of sp³-hybridized carbons (Fsp3) is 0.235. The molecule has 0 unspecified atom stereocenters. The van der Waals surface area contributed by atoms with E-state index in [1.54, 1.807) is 41.6 Å². The van der Waals surface area contributed by atoms with E-state index >= 15 is 0 Å². The quantitative estimate of drug-likeness (QED) is 0.884. The molecule has 0 fully saturated rings. The van der Waals surface area contributed by atoms with Crippen LogP contribution in [0, 0.1) is 0 Å². The van der Waals surface area contributed by atoms with Crippen LogP contribution in [0.4, 0.5) is 0 Å².